The van der Waals surface area contributed by atoms with E-state index in [1.54, 1.807) is 16.2 Å². The highest BCUT2D eigenvalue weighted by molar-refractivity contribution is 7.15. The van der Waals surface area contributed by atoms with Crippen LogP contribution in [0.4, 0.5) is 0 Å². The van der Waals surface area contributed by atoms with Gasteiger partial charge in [0, 0.05) is 37.8 Å². The SMILES string of the molecule is CC[C@@H](C)N(C)Cc1c(C(=O)N(C)CCc2ccccc2)nc2sccn12. The van der Waals surface area contributed by atoms with Crippen LogP contribution in [0.5, 0.6) is 0 Å². The fourth-order valence-corrected chi connectivity index (χ4v) is 3.82. The molecule has 0 spiro atoms. The first-order valence-electron chi connectivity index (χ1n) is 9.45. The molecule has 27 heavy (non-hydrogen) atoms. The second-order valence-electron chi connectivity index (χ2n) is 7.10. The number of carbonyl (C=O) groups is 1. The number of fused-ring (bicyclic) bond motifs is 1. The minimum absolute atomic E-state index is 0.00520. The minimum atomic E-state index is -0.00520. The Morgan fingerprint density at radius 2 is 2.00 bits per heavy atom. The van der Waals surface area contributed by atoms with E-state index in [4.69, 9.17) is 0 Å². The summed E-state index contributed by atoms with van der Waals surface area (Å²) in [7, 11) is 3.97. The van der Waals surface area contributed by atoms with E-state index in [1.165, 1.54) is 5.56 Å². The molecule has 0 saturated carbocycles. The van der Waals surface area contributed by atoms with Gasteiger partial charge >= 0.3 is 0 Å². The molecule has 3 aromatic rings. The Morgan fingerprint density at radius 1 is 1.26 bits per heavy atom. The maximum Gasteiger partial charge on any atom is 0.274 e. The first-order chi connectivity index (χ1) is 13.0. The second kappa shape index (κ2) is 8.67. The highest BCUT2D eigenvalue weighted by atomic mass is 32.1. The van der Waals surface area contributed by atoms with E-state index in [9.17, 15) is 4.79 Å². The number of aromatic nitrogens is 2. The van der Waals surface area contributed by atoms with Crippen LogP contribution in [-0.2, 0) is 13.0 Å². The van der Waals surface area contributed by atoms with Gasteiger partial charge in [0.05, 0.1) is 5.69 Å². The molecule has 0 saturated heterocycles. The lowest BCUT2D eigenvalue weighted by atomic mass is 10.1. The van der Waals surface area contributed by atoms with E-state index in [0.29, 0.717) is 24.8 Å². The molecule has 5 nitrogen and oxygen atoms in total. The van der Waals surface area contributed by atoms with E-state index in [2.05, 4.69) is 47.3 Å². The Morgan fingerprint density at radius 3 is 2.70 bits per heavy atom. The molecule has 0 fully saturated rings. The summed E-state index contributed by atoms with van der Waals surface area (Å²) < 4.78 is 2.06. The van der Waals surface area contributed by atoms with Crippen LogP contribution >= 0.6 is 11.3 Å². The minimum Gasteiger partial charge on any atom is -0.340 e. The van der Waals surface area contributed by atoms with Crippen LogP contribution in [0.3, 0.4) is 0 Å². The molecule has 0 aliphatic carbocycles. The van der Waals surface area contributed by atoms with Gasteiger partial charge in [-0.05, 0) is 32.4 Å². The highest BCUT2D eigenvalue weighted by Crippen LogP contribution is 2.21. The molecule has 0 unspecified atom stereocenters. The van der Waals surface area contributed by atoms with Gasteiger partial charge in [-0.1, -0.05) is 37.3 Å². The van der Waals surface area contributed by atoms with E-state index in [-0.39, 0.29) is 5.91 Å². The normalized spacial score (nSPS) is 12.6. The smallest absolute Gasteiger partial charge is 0.274 e. The van der Waals surface area contributed by atoms with Crippen molar-refractivity contribution in [1.29, 1.82) is 0 Å². The second-order valence-corrected chi connectivity index (χ2v) is 7.97. The van der Waals surface area contributed by atoms with Crippen molar-refractivity contribution < 1.29 is 4.79 Å². The van der Waals surface area contributed by atoms with Crippen molar-refractivity contribution in [2.45, 2.75) is 39.3 Å². The Balaban J connectivity index is 1.79. The van der Waals surface area contributed by atoms with Crippen molar-refractivity contribution in [3.05, 3.63) is 58.9 Å². The topological polar surface area (TPSA) is 40.9 Å². The molecule has 2 heterocycles. The van der Waals surface area contributed by atoms with Crippen molar-refractivity contribution >= 4 is 22.2 Å². The van der Waals surface area contributed by atoms with Crippen molar-refractivity contribution in [3.63, 3.8) is 0 Å². The maximum absolute atomic E-state index is 13.1. The third-order valence-electron chi connectivity index (χ3n) is 5.23. The monoisotopic (exact) mass is 384 g/mol. The van der Waals surface area contributed by atoms with Gasteiger partial charge in [-0.3, -0.25) is 14.1 Å². The number of benzene rings is 1. The molecule has 0 aliphatic heterocycles. The van der Waals surface area contributed by atoms with Gasteiger partial charge in [-0.25, -0.2) is 4.98 Å². The zero-order valence-corrected chi connectivity index (χ0v) is 17.4. The average molecular weight is 385 g/mol. The van der Waals surface area contributed by atoms with Crippen LogP contribution in [0.25, 0.3) is 4.96 Å². The Kier molecular flexibility index (Phi) is 6.29. The van der Waals surface area contributed by atoms with E-state index < -0.39 is 0 Å². The summed E-state index contributed by atoms with van der Waals surface area (Å²) in [6, 6.07) is 10.7. The van der Waals surface area contributed by atoms with Gasteiger partial charge in [0.2, 0.25) is 0 Å². The molecule has 0 N–H and O–H groups in total. The lowest BCUT2D eigenvalue weighted by molar-refractivity contribution is 0.0788. The van der Waals surface area contributed by atoms with Gasteiger partial charge < -0.3 is 4.90 Å². The van der Waals surface area contributed by atoms with Crippen LogP contribution < -0.4 is 0 Å². The van der Waals surface area contributed by atoms with E-state index in [1.807, 2.05) is 36.8 Å². The molecule has 144 valence electrons. The Labute approximate surface area is 165 Å². The number of amides is 1. The van der Waals surface area contributed by atoms with Crippen LogP contribution in [0.1, 0.15) is 42.0 Å². The molecule has 0 radical (unpaired) electrons. The summed E-state index contributed by atoms with van der Waals surface area (Å²) >= 11 is 1.57. The lowest BCUT2D eigenvalue weighted by Crippen LogP contribution is -2.32. The van der Waals surface area contributed by atoms with Gasteiger partial charge in [0.25, 0.3) is 5.91 Å². The fourth-order valence-electron chi connectivity index (χ4n) is 3.08. The number of nitrogens with zero attached hydrogens (tertiary/aromatic N) is 4. The molecule has 3 rings (SSSR count). The van der Waals surface area contributed by atoms with Gasteiger partial charge in [-0.15, -0.1) is 11.3 Å². The predicted molar refractivity (Wildman–Crippen MR) is 111 cm³/mol. The van der Waals surface area contributed by atoms with Crippen molar-refractivity contribution in [2.24, 2.45) is 0 Å². The molecule has 1 atom stereocenters. The first kappa shape index (κ1) is 19.6. The van der Waals surface area contributed by atoms with Gasteiger partial charge in [0.1, 0.15) is 0 Å². The number of carbonyl (C=O) groups excluding carboxylic acids is 1. The lowest BCUT2D eigenvalue weighted by Gasteiger charge is -2.24. The summed E-state index contributed by atoms with van der Waals surface area (Å²) in [4.78, 5) is 22.7. The molecule has 1 amide bonds. The number of imidazole rings is 1. The molecular weight excluding hydrogens is 356 g/mol. The molecule has 6 heteroatoms. The van der Waals surface area contributed by atoms with E-state index in [0.717, 1.165) is 23.5 Å². The van der Waals surface area contributed by atoms with E-state index >= 15 is 0 Å². The summed E-state index contributed by atoms with van der Waals surface area (Å²) in [5.74, 6) is -0.00520. The number of hydrogen-bond donors (Lipinski definition) is 0. The third-order valence-corrected chi connectivity index (χ3v) is 5.99. The number of rotatable bonds is 8. The summed E-state index contributed by atoms with van der Waals surface area (Å²) in [6.45, 7) is 5.77. The summed E-state index contributed by atoms with van der Waals surface area (Å²) in [6.07, 6.45) is 3.92. The Hall–Kier alpha value is -2.18. The molecule has 0 aliphatic rings. The molecule has 0 bridgehead atoms. The first-order valence-corrected chi connectivity index (χ1v) is 10.3. The highest BCUT2D eigenvalue weighted by Gasteiger charge is 2.24. The summed E-state index contributed by atoms with van der Waals surface area (Å²) in [5, 5.41) is 2.02. The number of likely N-dealkylation sites (N-methyl/N-ethyl adjacent to an activating group) is 1. The molecule has 1 aromatic carbocycles. The zero-order chi connectivity index (χ0) is 19.4. The molecular formula is C21H28N4OS. The predicted octanol–water partition coefficient (Wildman–Crippen LogP) is 3.94. The fraction of sp³-hybridized carbons (Fsp3) is 0.429. The van der Waals surface area contributed by atoms with Crippen molar-refractivity contribution in [3.8, 4) is 0 Å². The van der Waals surface area contributed by atoms with Crippen LogP contribution in [0.2, 0.25) is 0 Å². The number of hydrogen-bond acceptors (Lipinski definition) is 4. The average Bonchev–Trinajstić information content (AvgIpc) is 3.28. The van der Waals surface area contributed by atoms with Gasteiger partial charge in [0.15, 0.2) is 10.7 Å². The van der Waals surface area contributed by atoms with Crippen LogP contribution in [-0.4, -0.2) is 51.8 Å². The zero-order valence-electron chi connectivity index (χ0n) is 16.6. The standard InChI is InChI=1S/C21H28N4OS/c1-5-16(2)24(4)15-18-19(22-21-25(18)13-14-27-21)20(26)23(3)12-11-17-9-7-6-8-10-17/h6-10,13-14,16H,5,11-12,15H2,1-4H3/t16-/m1/s1. The third kappa shape index (κ3) is 4.39. The Bertz CT molecular complexity index is 886. The largest absolute Gasteiger partial charge is 0.340 e. The maximum atomic E-state index is 13.1. The summed E-state index contributed by atoms with van der Waals surface area (Å²) in [5.41, 5.74) is 2.79. The van der Waals surface area contributed by atoms with Crippen molar-refractivity contribution in [1.82, 2.24) is 19.2 Å². The quantitative estimate of drug-likeness (QED) is 0.591. The number of thiazole rings is 1. The van der Waals surface area contributed by atoms with Crippen molar-refractivity contribution in [2.75, 3.05) is 20.6 Å². The van der Waals surface area contributed by atoms with Crippen LogP contribution in [0, 0.1) is 0 Å². The van der Waals surface area contributed by atoms with Crippen LogP contribution in [0.15, 0.2) is 41.9 Å². The molecule has 2 aromatic heterocycles. The van der Waals surface area contributed by atoms with Gasteiger partial charge in [-0.2, -0.15) is 0 Å².